The SMILES string of the molecule is COC1CCC(NC(=O)C23CC(c4ccc(OC/C(=C/F)CN)cc4)(C2)C3)CC1. The van der Waals surface area contributed by atoms with Crippen LogP contribution in [0.5, 0.6) is 5.75 Å². The Morgan fingerprint density at radius 1 is 1.21 bits per heavy atom. The Hall–Kier alpha value is -1.92. The lowest BCUT2D eigenvalue weighted by Crippen LogP contribution is -2.70. The second kappa shape index (κ2) is 8.07. The average Bonchev–Trinajstić information content (AvgIpc) is 2.68. The number of hydrogen-bond acceptors (Lipinski definition) is 4. The van der Waals surface area contributed by atoms with E-state index in [9.17, 15) is 9.18 Å². The standard InChI is InChI=1S/C23H31FN2O3/c1-28-19-8-4-18(5-9-19)26-21(27)23-13-22(14-23,15-23)17-2-6-20(7-3-17)29-12-16(10-24)11-25/h2-3,6-7,10,18-19H,4-5,8-9,11-15,25H2,1H3,(H,26,27)/b16-10+. The van der Waals surface area contributed by atoms with E-state index in [0.717, 1.165) is 44.9 Å². The van der Waals surface area contributed by atoms with Gasteiger partial charge in [-0.15, -0.1) is 0 Å². The third-order valence-electron chi connectivity index (χ3n) is 7.16. The number of carbonyl (C=O) groups excluding carboxylic acids is 1. The zero-order valence-corrected chi connectivity index (χ0v) is 17.1. The van der Waals surface area contributed by atoms with Gasteiger partial charge in [0.15, 0.2) is 0 Å². The number of methoxy groups -OCH3 is 1. The predicted molar refractivity (Wildman–Crippen MR) is 109 cm³/mol. The lowest BCUT2D eigenvalue weighted by molar-refractivity contribution is -0.177. The molecule has 4 aliphatic carbocycles. The molecule has 3 N–H and O–H groups in total. The van der Waals surface area contributed by atoms with Crippen LogP contribution in [0.1, 0.15) is 50.5 Å². The van der Waals surface area contributed by atoms with Gasteiger partial charge in [-0.25, -0.2) is 4.39 Å². The molecule has 0 unspecified atom stereocenters. The fourth-order valence-corrected chi connectivity index (χ4v) is 5.33. The zero-order chi connectivity index (χ0) is 20.5. The molecule has 1 amide bonds. The maximum absolute atomic E-state index is 12.8. The summed E-state index contributed by atoms with van der Waals surface area (Å²) < 4.78 is 23.6. The van der Waals surface area contributed by atoms with Crippen molar-refractivity contribution in [3.8, 4) is 5.75 Å². The highest BCUT2D eigenvalue weighted by Gasteiger charge is 2.71. The monoisotopic (exact) mass is 402 g/mol. The summed E-state index contributed by atoms with van der Waals surface area (Å²) in [6.45, 7) is 0.308. The minimum absolute atomic E-state index is 0.144. The highest BCUT2D eigenvalue weighted by atomic mass is 19.1. The van der Waals surface area contributed by atoms with Crippen molar-refractivity contribution >= 4 is 5.91 Å². The van der Waals surface area contributed by atoms with Crippen molar-refractivity contribution in [2.75, 3.05) is 20.3 Å². The van der Waals surface area contributed by atoms with Crippen LogP contribution in [0.4, 0.5) is 4.39 Å². The Balaban J connectivity index is 1.27. The summed E-state index contributed by atoms with van der Waals surface area (Å²) in [5.41, 5.74) is 7.12. The van der Waals surface area contributed by atoms with E-state index in [1.54, 1.807) is 7.11 Å². The van der Waals surface area contributed by atoms with Crippen molar-refractivity contribution in [1.82, 2.24) is 5.32 Å². The summed E-state index contributed by atoms with van der Waals surface area (Å²) in [4.78, 5) is 12.8. The summed E-state index contributed by atoms with van der Waals surface area (Å²) in [5, 5.41) is 3.30. The van der Waals surface area contributed by atoms with E-state index >= 15 is 0 Å². The fourth-order valence-electron chi connectivity index (χ4n) is 5.33. The summed E-state index contributed by atoms with van der Waals surface area (Å²) in [6, 6.07) is 8.28. The van der Waals surface area contributed by atoms with Gasteiger partial charge in [0, 0.05) is 25.3 Å². The van der Waals surface area contributed by atoms with Crippen molar-refractivity contribution < 1.29 is 18.7 Å². The number of benzene rings is 1. The van der Waals surface area contributed by atoms with Crippen LogP contribution < -0.4 is 15.8 Å². The third-order valence-corrected chi connectivity index (χ3v) is 7.16. The second-order valence-electron chi connectivity index (χ2n) is 9.06. The number of halogens is 1. The fraction of sp³-hybridized carbons (Fsp3) is 0.609. The summed E-state index contributed by atoms with van der Waals surface area (Å²) in [7, 11) is 1.77. The Morgan fingerprint density at radius 2 is 1.86 bits per heavy atom. The number of rotatable bonds is 8. The topological polar surface area (TPSA) is 73.6 Å². The molecule has 6 heteroatoms. The zero-order valence-electron chi connectivity index (χ0n) is 17.1. The lowest BCUT2D eigenvalue weighted by Gasteiger charge is -2.69. The van der Waals surface area contributed by atoms with Gasteiger partial charge in [0.1, 0.15) is 12.4 Å². The van der Waals surface area contributed by atoms with Gasteiger partial charge in [-0.2, -0.15) is 0 Å². The van der Waals surface area contributed by atoms with E-state index in [1.807, 2.05) is 12.1 Å². The molecule has 5 nitrogen and oxygen atoms in total. The van der Waals surface area contributed by atoms with Crippen molar-refractivity contribution in [1.29, 1.82) is 0 Å². The molecule has 4 aliphatic rings. The van der Waals surface area contributed by atoms with Gasteiger partial charge < -0.3 is 20.5 Å². The first-order valence-corrected chi connectivity index (χ1v) is 10.6. The van der Waals surface area contributed by atoms with Crippen LogP contribution in [-0.2, 0) is 14.9 Å². The highest BCUT2D eigenvalue weighted by molar-refractivity contribution is 5.87. The molecule has 0 atom stereocenters. The minimum Gasteiger partial charge on any atom is -0.489 e. The Kier molecular flexibility index (Phi) is 5.67. The third kappa shape index (κ3) is 3.80. The van der Waals surface area contributed by atoms with E-state index in [-0.39, 0.29) is 29.9 Å². The predicted octanol–water partition coefficient (Wildman–Crippen LogP) is 3.37. The molecule has 4 fully saturated rings. The quantitative estimate of drug-likeness (QED) is 0.699. The number of hydrogen-bond donors (Lipinski definition) is 2. The Labute approximate surface area is 171 Å². The van der Waals surface area contributed by atoms with Crippen LogP contribution in [0.2, 0.25) is 0 Å². The van der Waals surface area contributed by atoms with E-state index < -0.39 is 0 Å². The molecule has 4 saturated carbocycles. The molecule has 1 aromatic rings. The summed E-state index contributed by atoms with van der Waals surface area (Å²) in [6.07, 6.45) is 7.73. The van der Waals surface area contributed by atoms with Gasteiger partial charge in [0.05, 0.1) is 17.8 Å². The largest absolute Gasteiger partial charge is 0.489 e. The van der Waals surface area contributed by atoms with Crippen molar-refractivity contribution in [3.63, 3.8) is 0 Å². The van der Waals surface area contributed by atoms with Crippen LogP contribution in [-0.4, -0.2) is 38.3 Å². The normalized spacial score (nSPS) is 33.4. The van der Waals surface area contributed by atoms with Crippen LogP contribution in [0.25, 0.3) is 0 Å². The first kappa shape index (κ1) is 20.4. The first-order chi connectivity index (χ1) is 14.0. The average molecular weight is 403 g/mol. The van der Waals surface area contributed by atoms with Crippen molar-refractivity contribution in [3.05, 3.63) is 41.7 Å². The summed E-state index contributed by atoms with van der Waals surface area (Å²) >= 11 is 0. The van der Waals surface area contributed by atoms with E-state index in [4.69, 9.17) is 15.2 Å². The Bertz CT molecular complexity index is 749. The molecular formula is C23H31FN2O3. The highest BCUT2D eigenvalue weighted by Crippen LogP contribution is 2.73. The van der Waals surface area contributed by atoms with Crippen LogP contribution in [0, 0.1) is 5.41 Å². The van der Waals surface area contributed by atoms with Gasteiger partial charge in [-0.05, 0) is 68.1 Å². The number of amides is 1. The van der Waals surface area contributed by atoms with Gasteiger partial charge >= 0.3 is 0 Å². The van der Waals surface area contributed by atoms with Crippen molar-refractivity contribution in [2.45, 2.75) is 62.5 Å². The molecular weight excluding hydrogens is 371 g/mol. The molecule has 0 saturated heterocycles. The maximum Gasteiger partial charge on any atom is 0.226 e. The van der Waals surface area contributed by atoms with Gasteiger partial charge in [-0.1, -0.05) is 12.1 Å². The molecule has 5 rings (SSSR count). The lowest BCUT2D eigenvalue weighted by atomic mass is 9.33. The van der Waals surface area contributed by atoms with E-state index in [0.29, 0.717) is 29.8 Å². The van der Waals surface area contributed by atoms with Gasteiger partial charge in [0.25, 0.3) is 0 Å². The van der Waals surface area contributed by atoms with Crippen LogP contribution in [0.3, 0.4) is 0 Å². The molecule has 0 heterocycles. The van der Waals surface area contributed by atoms with E-state index in [2.05, 4.69) is 17.4 Å². The second-order valence-corrected chi connectivity index (χ2v) is 9.06. The van der Waals surface area contributed by atoms with Gasteiger partial charge in [-0.3, -0.25) is 4.79 Å². The molecule has 2 bridgehead atoms. The smallest absolute Gasteiger partial charge is 0.226 e. The summed E-state index contributed by atoms with van der Waals surface area (Å²) in [5.74, 6) is 0.944. The number of carbonyl (C=O) groups is 1. The van der Waals surface area contributed by atoms with Crippen LogP contribution in [0.15, 0.2) is 36.2 Å². The molecule has 0 aromatic heterocycles. The van der Waals surface area contributed by atoms with Crippen LogP contribution >= 0.6 is 0 Å². The molecule has 0 aliphatic heterocycles. The van der Waals surface area contributed by atoms with E-state index in [1.165, 1.54) is 5.56 Å². The molecule has 0 radical (unpaired) electrons. The van der Waals surface area contributed by atoms with Gasteiger partial charge in [0.2, 0.25) is 5.91 Å². The first-order valence-electron chi connectivity index (χ1n) is 10.6. The number of ether oxygens (including phenoxy) is 2. The molecule has 29 heavy (non-hydrogen) atoms. The molecule has 0 spiro atoms. The Morgan fingerprint density at radius 3 is 2.41 bits per heavy atom. The molecule has 1 aromatic carbocycles. The number of nitrogens with one attached hydrogen (secondary N) is 1. The maximum atomic E-state index is 12.8. The van der Waals surface area contributed by atoms with Crippen molar-refractivity contribution in [2.24, 2.45) is 11.1 Å². The minimum atomic E-state index is -0.158. The molecule has 158 valence electrons. The number of nitrogens with two attached hydrogens (primary N) is 1.